The molecule has 1 atom stereocenters. The first kappa shape index (κ1) is 16.4. The van der Waals surface area contributed by atoms with Crippen LogP contribution in [-0.4, -0.2) is 34.1 Å². The fraction of sp³-hybridized carbons (Fsp3) is 0.333. The lowest BCUT2D eigenvalue weighted by Gasteiger charge is -2.33. The third kappa shape index (κ3) is 3.10. The van der Waals surface area contributed by atoms with Crippen molar-refractivity contribution in [2.45, 2.75) is 19.8 Å². The molecule has 1 unspecified atom stereocenters. The number of amides is 1. The van der Waals surface area contributed by atoms with E-state index in [-0.39, 0.29) is 17.6 Å². The fourth-order valence-corrected chi connectivity index (χ4v) is 3.34. The fourth-order valence-electron chi connectivity index (χ4n) is 3.34. The van der Waals surface area contributed by atoms with Crippen molar-refractivity contribution in [1.29, 1.82) is 0 Å². The minimum absolute atomic E-state index is 0.118. The number of carbonyl (C=O) groups excluding carboxylic acids is 1. The zero-order valence-corrected chi connectivity index (χ0v) is 14.3. The van der Waals surface area contributed by atoms with Gasteiger partial charge in [0.15, 0.2) is 0 Å². The molecule has 2 aromatic heterocycles. The van der Waals surface area contributed by atoms with Crippen LogP contribution in [0.3, 0.4) is 0 Å². The minimum Gasteiger partial charge on any atom is -0.355 e. The van der Waals surface area contributed by atoms with Crippen molar-refractivity contribution in [3.8, 4) is 0 Å². The number of anilines is 2. The van der Waals surface area contributed by atoms with Crippen LogP contribution in [0.4, 0.5) is 15.9 Å². The third-order valence-corrected chi connectivity index (χ3v) is 4.61. The summed E-state index contributed by atoms with van der Waals surface area (Å²) in [5, 5.41) is 7.53. The molecule has 0 radical (unpaired) electrons. The number of hydrogen-bond donors (Lipinski definition) is 1. The van der Waals surface area contributed by atoms with Gasteiger partial charge in [0, 0.05) is 18.8 Å². The number of benzene rings is 1. The number of halogens is 1. The van der Waals surface area contributed by atoms with Gasteiger partial charge in [-0.05, 0) is 38.0 Å². The maximum Gasteiger partial charge on any atom is 0.263 e. The number of aryl methyl sites for hydroxylation is 1. The minimum atomic E-state index is -0.376. The molecule has 0 aliphatic carbocycles. The molecule has 0 bridgehead atoms. The normalized spacial score (nSPS) is 17.5. The Labute approximate surface area is 149 Å². The predicted molar refractivity (Wildman–Crippen MR) is 94.3 cm³/mol. The van der Waals surface area contributed by atoms with Gasteiger partial charge in [-0.2, -0.15) is 4.98 Å². The summed E-state index contributed by atoms with van der Waals surface area (Å²) >= 11 is 0. The first-order valence-electron chi connectivity index (χ1n) is 8.50. The van der Waals surface area contributed by atoms with E-state index >= 15 is 0 Å². The molecular formula is C18H18FN5O2. The van der Waals surface area contributed by atoms with Gasteiger partial charge in [-0.25, -0.2) is 9.37 Å². The van der Waals surface area contributed by atoms with Gasteiger partial charge < -0.3 is 14.7 Å². The second-order valence-electron chi connectivity index (χ2n) is 6.43. The van der Waals surface area contributed by atoms with Gasteiger partial charge in [0.2, 0.25) is 5.91 Å². The summed E-state index contributed by atoms with van der Waals surface area (Å²) in [5.41, 5.74) is 1.63. The molecule has 3 aromatic rings. The molecule has 1 fully saturated rings. The first-order chi connectivity index (χ1) is 12.6. The SMILES string of the molecule is Cc1noc2ncnc(N3CCCC(C(=O)Nc4cccc(F)c4)C3)c12. The molecule has 1 N–H and O–H groups in total. The number of aromatic nitrogens is 3. The number of carbonyl (C=O) groups is 1. The van der Waals surface area contributed by atoms with E-state index in [1.165, 1.54) is 18.5 Å². The van der Waals surface area contributed by atoms with Crippen molar-refractivity contribution < 1.29 is 13.7 Å². The summed E-state index contributed by atoms with van der Waals surface area (Å²) in [6.07, 6.45) is 3.07. The van der Waals surface area contributed by atoms with Crippen molar-refractivity contribution in [2.24, 2.45) is 5.92 Å². The second kappa shape index (κ2) is 6.70. The lowest BCUT2D eigenvalue weighted by Crippen LogP contribution is -2.41. The zero-order chi connectivity index (χ0) is 18.1. The van der Waals surface area contributed by atoms with Crippen LogP contribution in [0.15, 0.2) is 35.1 Å². The first-order valence-corrected chi connectivity index (χ1v) is 8.50. The Balaban J connectivity index is 1.53. The summed E-state index contributed by atoms with van der Waals surface area (Å²) < 4.78 is 18.5. The highest BCUT2D eigenvalue weighted by atomic mass is 19.1. The monoisotopic (exact) mass is 355 g/mol. The molecule has 7 nitrogen and oxygen atoms in total. The van der Waals surface area contributed by atoms with Crippen molar-refractivity contribution in [3.63, 3.8) is 0 Å². The van der Waals surface area contributed by atoms with Crippen LogP contribution in [0, 0.1) is 18.7 Å². The number of nitrogens with one attached hydrogen (secondary N) is 1. The average molecular weight is 355 g/mol. The van der Waals surface area contributed by atoms with Crippen LogP contribution in [-0.2, 0) is 4.79 Å². The van der Waals surface area contributed by atoms with E-state index in [4.69, 9.17) is 4.52 Å². The third-order valence-electron chi connectivity index (χ3n) is 4.61. The molecule has 26 heavy (non-hydrogen) atoms. The van der Waals surface area contributed by atoms with Gasteiger partial charge in [-0.1, -0.05) is 11.2 Å². The molecule has 1 aliphatic heterocycles. The maximum atomic E-state index is 13.3. The van der Waals surface area contributed by atoms with Gasteiger partial charge in [0.25, 0.3) is 5.71 Å². The van der Waals surface area contributed by atoms with Crippen LogP contribution >= 0.6 is 0 Å². The van der Waals surface area contributed by atoms with Crippen molar-refractivity contribution >= 4 is 28.5 Å². The molecule has 0 saturated carbocycles. The summed E-state index contributed by atoms with van der Waals surface area (Å²) in [5.74, 6) is 0.0289. The topological polar surface area (TPSA) is 84.2 Å². The van der Waals surface area contributed by atoms with Crippen molar-refractivity contribution in [3.05, 3.63) is 42.1 Å². The lowest BCUT2D eigenvalue weighted by atomic mass is 9.96. The van der Waals surface area contributed by atoms with E-state index in [9.17, 15) is 9.18 Å². The van der Waals surface area contributed by atoms with Crippen LogP contribution in [0.5, 0.6) is 0 Å². The number of fused-ring (bicyclic) bond motifs is 1. The van der Waals surface area contributed by atoms with E-state index in [0.717, 1.165) is 36.3 Å². The highest BCUT2D eigenvalue weighted by molar-refractivity contribution is 5.93. The van der Waals surface area contributed by atoms with Gasteiger partial charge in [0.05, 0.1) is 11.6 Å². The van der Waals surface area contributed by atoms with Crippen LogP contribution in [0.2, 0.25) is 0 Å². The van der Waals surface area contributed by atoms with Gasteiger partial charge in [-0.15, -0.1) is 0 Å². The molecule has 134 valence electrons. The van der Waals surface area contributed by atoms with E-state index in [0.29, 0.717) is 17.9 Å². The van der Waals surface area contributed by atoms with E-state index in [1.807, 2.05) is 6.92 Å². The van der Waals surface area contributed by atoms with Gasteiger partial charge in [0.1, 0.15) is 23.3 Å². The van der Waals surface area contributed by atoms with Crippen molar-refractivity contribution in [2.75, 3.05) is 23.3 Å². The standard InChI is InChI=1S/C18H18FN5O2/c1-11-15-16(20-10-21-18(15)26-23-11)24-7-3-4-12(9-24)17(25)22-14-6-2-5-13(19)8-14/h2,5-6,8,10,12H,3-4,7,9H2,1H3,(H,22,25). The molecule has 0 spiro atoms. The zero-order valence-electron chi connectivity index (χ0n) is 14.3. The highest BCUT2D eigenvalue weighted by Crippen LogP contribution is 2.29. The van der Waals surface area contributed by atoms with Gasteiger partial charge in [-0.3, -0.25) is 4.79 Å². The van der Waals surface area contributed by atoms with Crippen molar-refractivity contribution in [1.82, 2.24) is 15.1 Å². The second-order valence-corrected chi connectivity index (χ2v) is 6.43. The Kier molecular flexibility index (Phi) is 4.24. The molecule has 3 heterocycles. The molecular weight excluding hydrogens is 337 g/mol. The Hall–Kier alpha value is -3.03. The molecule has 8 heteroatoms. The number of rotatable bonds is 3. The largest absolute Gasteiger partial charge is 0.355 e. The van der Waals surface area contributed by atoms with Gasteiger partial charge >= 0.3 is 0 Å². The quantitative estimate of drug-likeness (QED) is 0.778. The molecule has 1 saturated heterocycles. The van der Waals surface area contributed by atoms with E-state index in [1.54, 1.807) is 12.1 Å². The molecule has 1 amide bonds. The van der Waals surface area contributed by atoms with Crippen LogP contribution < -0.4 is 10.2 Å². The average Bonchev–Trinajstić information content (AvgIpc) is 3.03. The number of piperidine rings is 1. The van der Waals surface area contributed by atoms with Crippen LogP contribution in [0.25, 0.3) is 11.1 Å². The summed E-state index contributed by atoms with van der Waals surface area (Å²) in [6, 6.07) is 5.91. The Morgan fingerprint density at radius 2 is 2.27 bits per heavy atom. The maximum absolute atomic E-state index is 13.3. The summed E-state index contributed by atoms with van der Waals surface area (Å²) in [6.45, 7) is 3.16. The van der Waals surface area contributed by atoms with E-state index in [2.05, 4.69) is 25.3 Å². The summed E-state index contributed by atoms with van der Waals surface area (Å²) in [7, 11) is 0. The smallest absolute Gasteiger partial charge is 0.263 e. The Bertz CT molecular complexity index is 958. The highest BCUT2D eigenvalue weighted by Gasteiger charge is 2.28. The van der Waals surface area contributed by atoms with E-state index < -0.39 is 0 Å². The molecule has 4 rings (SSSR count). The number of hydrogen-bond acceptors (Lipinski definition) is 6. The number of nitrogens with zero attached hydrogens (tertiary/aromatic N) is 4. The Morgan fingerprint density at radius 1 is 1.38 bits per heavy atom. The van der Waals surface area contributed by atoms with Crippen LogP contribution in [0.1, 0.15) is 18.5 Å². The lowest BCUT2D eigenvalue weighted by molar-refractivity contribution is -0.120. The summed E-state index contributed by atoms with van der Waals surface area (Å²) in [4.78, 5) is 23.2. The Morgan fingerprint density at radius 3 is 3.12 bits per heavy atom. The molecule has 1 aromatic carbocycles. The molecule has 1 aliphatic rings. The predicted octanol–water partition coefficient (Wildman–Crippen LogP) is 2.92.